The van der Waals surface area contributed by atoms with Crippen molar-refractivity contribution in [1.29, 1.82) is 0 Å². The van der Waals surface area contributed by atoms with Gasteiger partial charge in [0.25, 0.3) is 0 Å². The minimum absolute atomic E-state index is 0.233. The molecular formula is C16H19N2OPS. The van der Waals surface area contributed by atoms with E-state index < -0.39 is 6.57 Å². The fraction of sp³-hybridized carbons (Fsp3) is 0.250. The lowest BCUT2D eigenvalue weighted by molar-refractivity contribution is 0.438. The Morgan fingerprint density at radius 2 is 1.62 bits per heavy atom. The van der Waals surface area contributed by atoms with E-state index in [-0.39, 0.29) is 6.04 Å². The van der Waals surface area contributed by atoms with Crippen LogP contribution in [0.1, 0.15) is 24.9 Å². The van der Waals surface area contributed by atoms with E-state index in [1.54, 1.807) is 0 Å². The highest BCUT2D eigenvalue weighted by Crippen LogP contribution is 2.46. The normalized spacial score (nSPS) is 29.0. The van der Waals surface area contributed by atoms with Crippen LogP contribution in [-0.4, -0.2) is 6.04 Å². The number of para-hydroxylation sites is 1. The lowest BCUT2D eigenvalue weighted by atomic mass is 10.0. The summed E-state index contributed by atoms with van der Waals surface area (Å²) in [5.74, 6) is 0.807. The van der Waals surface area contributed by atoms with E-state index in [9.17, 15) is 0 Å². The smallest absolute Gasteiger partial charge is 0.248 e. The Hall–Kier alpha value is -1.19. The zero-order chi connectivity index (χ0) is 14.7. The summed E-state index contributed by atoms with van der Waals surface area (Å²) in [5.41, 5.74) is 1.26. The number of benzene rings is 2. The fourth-order valence-corrected chi connectivity index (χ4v) is 5.70. The average molecular weight is 318 g/mol. The maximum Gasteiger partial charge on any atom is 0.248 e. The van der Waals surface area contributed by atoms with Crippen molar-refractivity contribution in [3.05, 3.63) is 66.2 Å². The molecule has 1 aliphatic rings. The topological polar surface area (TPSA) is 33.3 Å². The molecule has 1 saturated heterocycles. The Morgan fingerprint density at radius 3 is 2.29 bits per heavy atom. The Bertz CT molecular complexity index is 635. The van der Waals surface area contributed by atoms with Crippen molar-refractivity contribution in [2.45, 2.75) is 25.4 Å². The first-order valence-corrected chi connectivity index (χ1v) is 9.82. The summed E-state index contributed by atoms with van der Waals surface area (Å²) in [6, 6.07) is 20.7. The second-order valence-electron chi connectivity index (χ2n) is 5.31. The molecule has 2 aromatic carbocycles. The van der Waals surface area contributed by atoms with Gasteiger partial charge in [0.05, 0.1) is 0 Å². The van der Waals surface area contributed by atoms with Crippen molar-refractivity contribution >= 4 is 18.4 Å². The predicted molar refractivity (Wildman–Crippen MR) is 90.9 cm³/mol. The van der Waals surface area contributed by atoms with E-state index >= 15 is 0 Å². The van der Waals surface area contributed by atoms with Gasteiger partial charge in [0, 0.05) is 12.1 Å². The van der Waals surface area contributed by atoms with Crippen LogP contribution in [0.2, 0.25) is 0 Å². The molecule has 1 aliphatic heterocycles. The highest BCUT2D eigenvalue weighted by molar-refractivity contribution is 8.10. The standard InChI is InChI=1S/C16H19N2OPS/c1-13-12-16(14-8-4-2-5-9-14)18-20(21,17-13)19-15-10-6-3-7-11-15/h2-11,13,16H,12H2,1H3,(H2,17,18,21)/t13-,16+,20-/m0/s1. The van der Waals surface area contributed by atoms with Gasteiger partial charge in [-0.3, -0.25) is 0 Å². The molecule has 21 heavy (non-hydrogen) atoms. The van der Waals surface area contributed by atoms with Crippen LogP contribution in [0, 0.1) is 0 Å². The summed E-state index contributed by atoms with van der Waals surface area (Å²) in [5, 5.41) is 6.95. The molecule has 5 heteroatoms. The monoisotopic (exact) mass is 318 g/mol. The molecule has 2 N–H and O–H groups in total. The van der Waals surface area contributed by atoms with Crippen molar-refractivity contribution in [1.82, 2.24) is 10.2 Å². The molecule has 110 valence electrons. The van der Waals surface area contributed by atoms with Crippen molar-refractivity contribution in [3.8, 4) is 5.75 Å². The van der Waals surface area contributed by atoms with Crippen LogP contribution in [-0.2, 0) is 11.8 Å². The molecule has 0 unspecified atom stereocenters. The van der Waals surface area contributed by atoms with Crippen molar-refractivity contribution in [3.63, 3.8) is 0 Å². The molecular weight excluding hydrogens is 299 g/mol. The van der Waals surface area contributed by atoms with E-state index in [4.69, 9.17) is 16.3 Å². The lowest BCUT2D eigenvalue weighted by Gasteiger charge is -2.38. The molecule has 1 heterocycles. The minimum atomic E-state index is -2.28. The second-order valence-corrected chi connectivity index (χ2v) is 8.66. The van der Waals surface area contributed by atoms with Gasteiger partial charge in [0.2, 0.25) is 6.57 Å². The van der Waals surface area contributed by atoms with Crippen molar-refractivity contribution in [2.75, 3.05) is 0 Å². The average Bonchev–Trinajstić information content (AvgIpc) is 2.48. The SMILES string of the molecule is C[C@H]1C[C@H](c2ccccc2)N[P@](=S)(Oc2ccccc2)N1. The summed E-state index contributed by atoms with van der Waals surface area (Å²) in [6.45, 7) is -0.121. The second kappa shape index (κ2) is 6.29. The van der Waals surface area contributed by atoms with E-state index in [0.717, 1.165) is 12.2 Å². The molecule has 3 rings (SSSR count). The fourth-order valence-electron chi connectivity index (χ4n) is 2.57. The van der Waals surface area contributed by atoms with Gasteiger partial charge in [-0.25, -0.2) is 10.2 Å². The molecule has 0 amide bonds. The third-order valence-electron chi connectivity index (χ3n) is 3.48. The minimum Gasteiger partial charge on any atom is -0.441 e. The van der Waals surface area contributed by atoms with Crippen LogP contribution in [0.15, 0.2) is 60.7 Å². The number of rotatable bonds is 3. The van der Waals surface area contributed by atoms with Crippen molar-refractivity contribution < 1.29 is 4.52 Å². The zero-order valence-corrected chi connectivity index (χ0v) is 13.6. The molecule has 0 aromatic heterocycles. The first-order chi connectivity index (χ1) is 10.1. The van der Waals surface area contributed by atoms with Crippen LogP contribution in [0.3, 0.4) is 0 Å². The third kappa shape index (κ3) is 3.72. The molecule has 3 nitrogen and oxygen atoms in total. The van der Waals surface area contributed by atoms with Crippen LogP contribution in [0.25, 0.3) is 0 Å². The summed E-state index contributed by atoms with van der Waals surface area (Å²) < 4.78 is 6.07. The highest BCUT2D eigenvalue weighted by atomic mass is 32.4. The largest absolute Gasteiger partial charge is 0.441 e. The summed E-state index contributed by atoms with van der Waals surface area (Å²) >= 11 is 5.76. The summed E-state index contributed by atoms with van der Waals surface area (Å²) in [4.78, 5) is 0. The Kier molecular flexibility index (Phi) is 4.41. The van der Waals surface area contributed by atoms with Crippen LogP contribution >= 0.6 is 6.57 Å². The Balaban J connectivity index is 1.81. The maximum absolute atomic E-state index is 6.07. The van der Waals surface area contributed by atoms with E-state index in [1.165, 1.54) is 5.56 Å². The summed E-state index contributed by atoms with van der Waals surface area (Å²) in [7, 11) is 0. The molecule has 2 aromatic rings. The quantitative estimate of drug-likeness (QED) is 0.838. The van der Waals surface area contributed by atoms with Crippen molar-refractivity contribution in [2.24, 2.45) is 0 Å². The van der Waals surface area contributed by atoms with Crippen LogP contribution in [0.5, 0.6) is 5.75 Å². The first-order valence-electron chi connectivity index (χ1n) is 7.10. The van der Waals surface area contributed by atoms with E-state index in [1.807, 2.05) is 36.4 Å². The molecule has 0 spiro atoms. The van der Waals surface area contributed by atoms with E-state index in [2.05, 4.69) is 41.4 Å². The van der Waals surface area contributed by atoms with Crippen LogP contribution < -0.4 is 14.7 Å². The Labute approximate surface area is 130 Å². The zero-order valence-electron chi connectivity index (χ0n) is 11.9. The predicted octanol–water partition coefficient (Wildman–Crippen LogP) is 4.00. The number of hydrogen-bond acceptors (Lipinski definition) is 2. The Morgan fingerprint density at radius 1 is 1.00 bits per heavy atom. The lowest BCUT2D eigenvalue weighted by Crippen LogP contribution is -2.41. The van der Waals surface area contributed by atoms with Crippen LogP contribution in [0.4, 0.5) is 0 Å². The van der Waals surface area contributed by atoms with Gasteiger partial charge in [-0.2, -0.15) is 0 Å². The van der Waals surface area contributed by atoms with Gasteiger partial charge in [-0.1, -0.05) is 48.5 Å². The number of hydrogen-bond donors (Lipinski definition) is 2. The molecule has 3 atom stereocenters. The van der Waals surface area contributed by atoms with Gasteiger partial charge in [0.1, 0.15) is 5.75 Å². The van der Waals surface area contributed by atoms with Gasteiger partial charge >= 0.3 is 0 Å². The highest BCUT2D eigenvalue weighted by Gasteiger charge is 2.32. The van der Waals surface area contributed by atoms with Gasteiger partial charge in [-0.15, -0.1) is 0 Å². The van der Waals surface area contributed by atoms with E-state index in [0.29, 0.717) is 6.04 Å². The maximum atomic E-state index is 6.07. The third-order valence-corrected chi connectivity index (χ3v) is 6.24. The van der Waals surface area contributed by atoms with Gasteiger partial charge in [-0.05, 0) is 42.8 Å². The molecule has 1 fully saturated rings. The first kappa shape index (κ1) is 14.7. The molecule has 0 aliphatic carbocycles. The molecule has 0 radical (unpaired) electrons. The molecule has 0 bridgehead atoms. The van der Waals surface area contributed by atoms with Gasteiger partial charge in [0.15, 0.2) is 0 Å². The van der Waals surface area contributed by atoms with Gasteiger partial charge < -0.3 is 4.52 Å². The molecule has 0 saturated carbocycles. The number of nitrogens with one attached hydrogen (secondary N) is 2. The summed E-state index contributed by atoms with van der Waals surface area (Å²) in [6.07, 6.45) is 1.00.